The first kappa shape index (κ1) is 15.3. The summed E-state index contributed by atoms with van der Waals surface area (Å²) in [5.41, 5.74) is 0.964. The van der Waals surface area contributed by atoms with Crippen molar-refractivity contribution >= 4 is 0 Å². The largest absolute Gasteiger partial charge is 0.491 e. The zero-order valence-corrected chi connectivity index (χ0v) is 12.9. The average Bonchev–Trinajstić information content (AvgIpc) is 2.92. The van der Waals surface area contributed by atoms with Crippen molar-refractivity contribution in [3.63, 3.8) is 0 Å². The maximum atomic E-state index is 10.3. The number of likely N-dealkylation sites (N-methyl/N-ethyl adjacent to an activating group) is 1. The van der Waals surface area contributed by atoms with E-state index in [1.54, 1.807) is 0 Å². The summed E-state index contributed by atoms with van der Waals surface area (Å²) in [5.74, 6) is 0.861. The second-order valence-corrected chi connectivity index (χ2v) is 6.13. The number of hydrogen-bond donors (Lipinski definition) is 1. The van der Waals surface area contributed by atoms with Gasteiger partial charge in [0.25, 0.3) is 0 Å². The summed E-state index contributed by atoms with van der Waals surface area (Å²) in [7, 11) is 2.12. The Morgan fingerprint density at radius 1 is 1.20 bits per heavy atom. The van der Waals surface area contributed by atoms with Gasteiger partial charge >= 0.3 is 0 Å². The van der Waals surface area contributed by atoms with E-state index in [9.17, 15) is 5.11 Å². The smallest absolute Gasteiger partial charge is 0.119 e. The van der Waals surface area contributed by atoms with Crippen LogP contribution >= 0.6 is 0 Å². The highest BCUT2D eigenvalue weighted by Gasteiger charge is 2.21. The molecule has 1 unspecified atom stereocenters. The minimum absolute atomic E-state index is 0.180. The monoisotopic (exact) mass is 277 g/mol. The molecular weight excluding hydrogens is 250 g/mol. The molecule has 0 heterocycles. The van der Waals surface area contributed by atoms with Crippen molar-refractivity contribution in [3.05, 3.63) is 29.8 Å². The SMILES string of the molecule is CC(C)Oc1ccc(C(O)CN(C)C2CCCC2)cc1. The van der Waals surface area contributed by atoms with Crippen molar-refractivity contribution in [1.82, 2.24) is 4.90 Å². The summed E-state index contributed by atoms with van der Waals surface area (Å²) >= 11 is 0. The average molecular weight is 277 g/mol. The number of aliphatic hydroxyl groups excluding tert-OH is 1. The third-order valence-electron chi connectivity index (χ3n) is 4.05. The van der Waals surface area contributed by atoms with E-state index in [0.717, 1.165) is 11.3 Å². The Bertz CT molecular complexity index is 396. The first-order valence-corrected chi connectivity index (χ1v) is 7.71. The molecule has 0 saturated heterocycles. The van der Waals surface area contributed by atoms with Crippen molar-refractivity contribution < 1.29 is 9.84 Å². The lowest BCUT2D eigenvalue weighted by atomic mass is 10.1. The lowest BCUT2D eigenvalue weighted by Gasteiger charge is -2.26. The highest BCUT2D eigenvalue weighted by Crippen LogP contribution is 2.25. The highest BCUT2D eigenvalue weighted by atomic mass is 16.5. The zero-order valence-electron chi connectivity index (χ0n) is 12.9. The number of rotatable bonds is 6. The van der Waals surface area contributed by atoms with Crippen molar-refractivity contribution in [2.24, 2.45) is 0 Å². The van der Waals surface area contributed by atoms with E-state index in [4.69, 9.17) is 4.74 Å². The van der Waals surface area contributed by atoms with Gasteiger partial charge in [0.1, 0.15) is 5.75 Å². The van der Waals surface area contributed by atoms with Crippen molar-refractivity contribution in [2.45, 2.75) is 57.8 Å². The Morgan fingerprint density at radius 2 is 1.80 bits per heavy atom. The fourth-order valence-electron chi connectivity index (χ4n) is 2.91. The van der Waals surface area contributed by atoms with Gasteiger partial charge in [-0.3, -0.25) is 0 Å². The Morgan fingerprint density at radius 3 is 2.35 bits per heavy atom. The molecule has 20 heavy (non-hydrogen) atoms. The first-order valence-electron chi connectivity index (χ1n) is 7.71. The minimum Gasteiger partial charge on any atom is -0.491 e. The van der Waals surface area contributed by atoms with E-state index in [2.05, 4.69) is 11.9 Å². The first-order chi connectivity index (χ1) is 9.56. The normalized spacial score (nSPS) is 17.9. The Labute approximate surface area is 122 Å². The van der Waals surface area contributed by atoms with Gasteiger partial charge in [-0.25, -0.2) is 0 Å². The molecule has 3 heteroatoms. The van der Waals surface area contributed by atoms with Crippen molar-refractivity contribution in [1.29, 1.82) is 0 Å². The van der Waals surface area contributed by atoms with Crippen LogP contribution in [0.25, 0.3) is 0 Å². The van der Waals surface area contributed by atoms with E-state index >= 15 is 0 Å². The molecule has 1 atom stereocenters. The van der Waals surface area contributed by atoms with Gasteiger partial charge in [0.2, 0.25) is 0 Å². The molecule has 3 nitrogen and oxygen atoms in total. The molecular formula is C17H27NO2. The van der Waals surface area contributed by atoms with Crippen LogP contribution in [0.3, 0.4) is 0 Å². The molecule has 112 valence electrons. The molecule has 0 aliphatic heterocycles. The van der Waals surface area contributed by atoms with Crippen LogP contribution in [0, 0.1) is 0 Å². The molecule has 1 aliphatic rings. The maximum Gasteiger partial charge on any atom is 0.119 e. The quantitative estimate of drug-likeness (QED) is 0.865. The zero-order chi connectivity index (χ0) is 14.5. The van der Waals surface area contributed by atoms with Crippen molar-refractivity contribution in [2.75, 3.05) is 13.6 Å². The summed E-state index contributed by atoms with van der Waals surface area (Å²) < 4.78 is 5.62. The number of nitrogens with zero attached hydrogens (tertiary/aromatic N) is 1. The third-order valence-corrected chi connectivity index (χ3v) is 4.05. The van der Waals surface area contributed by atoms with Gasteiger partial charge in [-0.15, -0.1) is 0 Å². The van der Waals surface area contributed by atoms with E-state index < -0.39 is 6.10 Å². The highest BCUT2D eigenvalue weighted by molar-refractivity contribution is 5.28. The van der Waals surface area contributed by atoms with Gasteiger partial charge in [-0.2, -0.15) is 0 Å². The molecule has 1 fully saturated rings. The number of benzene rings is 1. The van der Waals surface area contributed by atoms with Crippen LogP contribution < -0.4 is 4.74 Å². The van der Waals surface area contributed by atoms with Gasteiger partial charge < -0.3 is 14.7 Å². The number of aliphatic hydroxyl groups is 1. The molecule has 2 rings (SSSR count). The predicted molar refractivity (Wildman–Crippen MR) is 82.1 cm³/mol. The summed E-state index contributed by atoms with van der Waals surface area (Å²) in [5, 5.41) is 10.3. The van der Waals surface area contributed by atoms with Gasteiger partial charge in [0, 0.05) is 12.6 Å². The standard InChI is InChI=1S/C17H27NO2/c1-13(2)20-16-10-8-14(9-11-16)17(19)12-18(3)15-6-4-5-7-15/h8-11,13,15,17,19H,4-7,12H2,1-3H3. The second-order valence-electron chi connectivity index (χ2n) is 6.13. The molecule has 0 bridgehead atoms. The van der Waals surface area contributed by atoms with Crippen LogP contribution in [0.15, 0.2) is 24.3 Å². The Hall–Kier alpha value is -1.06. The fraction of sp³-hybridized carbons (Fsp3) is 0.647. The third kappa shape index (κ3) is 4.22. The van der Waals surface area contributed by atoms with Crippen LogP contribution in [-0.2, 0) is 0 Å². The number of ether oxygens (including phenoxy) is 1. The molecule has 1 aliphatic carbocycles. The van der Waals surface area contributed by atoms with Crippen molar-refractivity contribution in [3.8, 4) is 5.75 Å². The Kier molecular flexibility index (Phi) is 5.44. The lowest BCUT2D eigenvalue weighted by Crippen LogP contribution is -2.33. The molecule has 0 spiro atoms. The van der Waals surface area contributed by atoms with Crippen LogP contribution in [-0.4, -0.2) is 35.7 Å². The van der Waals surface area contributed by atoms with Gasteiger partial charge in [0.05, 0.1) is 12.2 Å². The minimum atomic E-state index is -0.423. The summed E-state index contributed by atoms with van der Waals surface area (Å²) in [6.45, 7) is 4.73. The fourth-order valence-corrected chi connectivity index (χ4v) is 2.91. The van der Waals surface area contributed by atoms with E-state index in [1.807, 2.05) is 38.1 Å². The van der Waals surface area contributed by atoms with Gasteiger partial charge in [-0.05, 0) is 51.4 Å². The Balaban J connectivity index is 1.89. The topological polar surface area (TPSA) is 32.7 Å². The van der Waals surface area contributed by atoms with E-state index in [-0.39, 0.29) is 6.10 Å². The van der Waals surface area contributed by atoms with Crippen LogP contribution in [0.5, 0.6) is 5.75 Å². The van der Waals surface area contributed by atoms with E-state index in [1.165, 1.54) is 25.7 Å². The maximum absolute atomic E-state index is 10.3. The molecule has 0 aromatic heterocycles. The molecule has 1 aromatic carbocycles. The molecule has 1 N–H and O–H groups in total. The van der Waals surface area contributed by atoms with Crippen LogP contribution in [0.2, 0.25) is 0 Å². The summed E-state index contributed by atoms with van der Waals surface area (Å²) in [4.78, 5) is 2.30. The van der Waals surface area contributed by atoms with Gasteiger partial charge in [0.15, 0.2) is 0 Å². The molecule has 1 saturated carbocycles. The van der Waals surface area contributed by atoms with Crippen LogP contribution in [0.1, 0.15) is 51.2 Å². The molecule has 0 radical (unpaired) electrons. The lowest BCUT2D eigenvalue weighted by molar-refractivity contribution is 0.105. The van der Waals surface area contributed by atoms with Crippen LogP contribution in [0.4, 0.5) is 0 Å². The summed E-state index contributed by atoms with van der Waals surface area (Å²) in [6.07, 6.45) is 4.95. The summed E-state index contributed by atoms with van der Waals surface area (Å²) in [6, 6.07) is 8.45. The number of hydrogen-bond acceptors (Lipinski definition) is 3. The van der Waals surface area contributed by atoms with E-state index in [0.29, 0.717) is 12.6 Å². The predicted octanol–water partition coefficient (Wildman–Crippen LogP) is 3.38. The molecule has 0 amide bonds. The van der Waals surface area contributed by atoms with Gasteiger partial charge in [-0.1, -0.05) is 25.0 Å². The molecule has 1 aromatic rings. The second kappa shape index (κ2) is 7.09.